The number of fused-ring (bicyclic) bond motifs is 1. The zero-order valence-corrected chi connectivity index (χ0v) is 12.2. The molecule has 0 aromatic heterocycles. The van der Waals surface area contributed by atoms with Crippen LogP contribution in [0.4, 0.5) is 0 Å². The Morgan fingerprint density at radius 3 is 2.50 bits per heavy atom. The van der Waals surface area contributed by atoms with Crippen LogP contribution in [-0.4, -0.2) is 44.2 Å². The summed E-state index contributed by atoms with van der Waals surface area (Å²) in [6, 6.07) is 8.34. The van der Waals surface area contributed by atoms with Crippen LogP contribution in [0.15, 0.2) is 24.3 Å². The van der Waals surface area contributed by atoms with Gasteiger partial charge in [0, 0.05) is 26.1 Å². The number of nitrogens with zero attached hydrogens (tertiary/aromatic N) is 1. The molecule has 0 radical (unpaired) electrons. The molecule has 1 aromatic rings. The molecule has 4 nitrogen and oxygen atoms in total. The van der Waals surface area contributed by atoms with Gasteiger partial charge in [0.15, 0.2) is 0 Å². The van der Waals surface area contributed by atoms with E-state index in [9.17, 15) is 4.79 Å². The molecule has 0 bridgehead atoms. The predicted octanol–water partition coefficient (Wildman–Crippen LogP) is 1.23. The molecular formula is C16H24N2O2. The van der Waals surface area contributed by atoms with Crippen molar-refractivity contribution in [2.45, 2.75) is 19.3 Å². The first kappa shape index (κ1) is 15.0. The van der Waals surface area contributed by atoms with Crippen molar-refractivity contribution in [1.82, 2.24) is 4.90 Å². The Kier molecular flexibility index (Phi) is 5.56. The third-order valence-electron chi connectivity index (χ3n) is 3.91. The van der Waals surface area contributed by atoms with Gasteiger partial charge in [-0.05, 0) is 36.9 Å². The van der Waals surface area contributed by atoms with E-state index in [-0.39, 0.29) is 11.8 Å². The fraction of sp³-hybridized carbons (Fsp3) is 0.562. The topological polar surface area (TPSA) is 55.6 Å². The summed E-state index contributed by atoms with van der Waals surface area (Å²) in [4.78, 5) is 14.6. The van der Waals surface area contributed by atoms with Crippen molar-refractivity contribution in [3.05, 3.63) is 35.4 Å². The highest BCUT2D eigenvalue weighted by Gasteiger charge is 2.30. The molecule has 0 spiro atoms. The third-order valence-corrected chi connectivity index (χ3v) is 3.91. The number of ether oxygens (including phenoxy) is 1. The van der Waals surface area contributed by atoms with Crippen molar-refractivity contribution in [3.8, 4) is 0 Å². The lowest BCUT2D eigenvalue weighted by atomic mass is 10.0. The third kappa shape index (κ3) is 3.58. The van der Waals surface area contributed by atoms with Gasteiger partial charge in [0.1, 0.15) is 0 Å². The summed E-state index contributed by atoms with van der Waals surface area (Å²) < 4.78 is 5.10. The van der Waals surface area contributed by atoms with Crippen LogP contribution >= 0.6 is 0 Å². The average Bonchev–Trinajstić information content (AvgIpc) is 2.90. The first-order chi connectivity index (χ1) is 9.76. The van der Waals surface area contributed by atoms with E-state index >= 15 is 0 Å². The molecule has 20 heavy (non-hydrogen) atoms. The minimum absolute atomic E-state index is 0.0852. The summed E-state index contributed by atoms with van der Waals surface area (Å²) in [6.45, 7) is 2.57. The number of carbonyl (C=O) groups excluding carboxylic acids is 1. The van der Waals surface area contributed by atoms with Crippen molar-refractivity contribution in [2.24, 2.45) is 11.7 Å². The number of hydrogen-bond donors (Lipinski definition) is 1. The molecule has 0 heterocycles. The van der Waals surface area contributed by atoms with Crippen LogP contribution < -0.4 is 5.73 Å². The Hall–Kier alpha value is -1.39. The number of rotatable bonds is 7. The van der Waals surface area contributed by atoms with Crippen LogP contribution in [0.2, 0.25) is 0 Å². The Balaban J connectivity index is 1.98. The fourth-order valence-corrected chi connectivity index (χ4v) is 2.81. The molecule has 1 aliphatic carbocycles. The summed E-state index contributed by atoms with van der Waals surface area (Å²) in [5.74, 6) is 0.328. The van der Waals surface area contributed by atoms with E-state index in [0.29, 0.717) is 19.7 Å². The van der Waals surface area contributed by atoms with Gasteiger partial charge in [0.2, 0.25) is 5.91 Å². The van der Waals surface area contributed by atoms with Crippen molar-refractivity contribution >= 4 is 5.91 Å². The molecule has 2 N–H and O–H groups in total. The highest BCUT2D eigenvalue weighted by atomic mass is 16.5. The quantitative estimate of drug-likeness (QED) is 0.815. The lowest BCUT2D eigenvalue weighted by Crippen LogP contribution is -2.40. The monoisotopic (exact) mass is 276 g/mol. The van der Waals surface area contributed by atoms with Crippen LogP contribution in [0.5, 0.6) is 0 Å². The minimum atomic E-state index is 0.0852. The second-order valence-corrected chi connectivity index (χ2v) is 5.33. The number of methoxy groups -OCH3 is 1. The van der Waals surface area contributed by atoms with E-state index in [0.717, 1.165) is 25.8 Å². The van der Waals surface area contributed by atoms with Crippen LogP contribution in [-0.2, 0) is 22.4 Å². The number of nitrogens with two attached hydrogens (primary N) is 1. The normalized spacial score (nSPS) is 14.3. The fourth-order valence-electron chi connectivity index (χ4n) is 2.81. The molecule has 0 fully saturated rings. The standard InChI is InChI=1S/C16H24N2O2/c1-20-10-9-18(8-4-7-17)16(19)15-11-13-5-2-3-6-14(13)12-15/h2-3,5-6,15H,4,7-12,17H2,1H3. The smallest absolute Gasteiger partial charge is 0.226 e. The van der Waals surface area contributed by atoms with E-state index in [1.807, 2.05) is 17.0 Å². The molecule has 0 aliphatic heterocycles. The summed E-state index contributed by atoms with van der Waals surface area (Å²) in [5.41, 5.74) is 8.19. The maximum Gasteiger partial charge on any atom is 0.226 e. The molecular weight excluding hydrogens is 252 g/mol. The van der Waals surface area contributed by atoms with Gasteiger partial charge in [-0.15, -0.1) is 0 Å². The van der Waals surface area contributed by atoms with E-state index in [1.54, 1.807) is 7.11 Å². The SMILES string of the molecule is COCCN(CCCN)C(=O)C1Cc2ccccc2C1. The molecule has 2 rings (SSSR count). The number of amides is 1. The Bertz CT molecular complexity index is 415. The van der Waals surface area contributed by atoms with Crippen LogP contribution in [0, 0.1) is 5.92 Å². The van der Waals surface area contributed by atoms with Crippen LogP contribution in [0.3, 0.4) is 0 Å². The summed E-state index contributed by atoms with van der Waals surface area (Å²) in [5, 5.41) is 0. The molecule has 4 heteroatoms. The van der Waals surface area contributed by atoms with Crippen molar-refractivity contribution in [3.63, 3.8) is 0 Å². The van der Waals surface area contributed by atoms with Gasteiger partial charge < -0.3 is 15.4 Å². The first-order valence-corrected chi connectivity index (χ1v) is 7.30. The van der Waals surface area contributed by atoms with Gasteiger partial charge in [-0.1, -0.05) is 24.3 Å². The van der Waals surface area contributed by atoms with Crippen molar-refractivity contribution in [1.29, 1.82) is 0 Å². The molecule has 110 valence electrons. The molecule has 0 saturated heterocycles. The summed E-state index contributed by atoms with van der Waals surface area (Å²) >= 11 is 0. The van der Waals surface area contributed by atoms with Crippen molar-refractivity contribution in [2.75, 3.05) is 33.4 Å². The predicted molar refractivity (Wildman–Crippen MR) is 79.5 cm³/mol. The van der Waals surface area contributed by atoms with E-state index in [1.165, 1.54) is 11.1 Å². The summed E-state index contributed by atoms with van der Waals surface area (Å²) in [6.07, 6.45) is 2.57. The average molecular weight is 276 g/mol. The van der Waals surface area contributed by atoms with E-state index in [4.69, 9.17) is 10.5 Å². The molecule has 1 amide bonds. The van der Waals surface area contributed by atoms with E-state index < -0.39 is 0 Å². The zero-order chi connectivity index (χ0) is 14.4. The van der Waals surface area contributed by atoms with Gasteiger partial charge in [-0.2, -0.15) is 0 Å². The largest absolute Gasteiger partial charge is 0.383 e. The Morgan fingerprint density at radius 2 is 1.95 bits per heavy atom. The van der Waals surface area contributed by atoms with Gasteiger partial charge >= 0.3 is 0 Å². The zero-order valence-electron chi connectivity index (χ0n) is 12.2. The van der Waals surface area contributed by atoms with Gasteiger partial charge in [0.05, 0.1) is 6.61 Å². The maximum absolute atomic E-state index is 12.7. The first-order valence-electron chi connectivity index (χ1n) is 7.30. The van der Waals surface area contributed by atoms with Crippen molar-refractivity contribution < 1.29 is 9.53 Å². The minimum Gasteiger partial charge on any atom is -0.383 e. The number of benzene rings is 1. The molecule has 0 saturated carbocycles. The highest BCUT2D eigenvalue weighted by molar-refractivity contribution is 5.80. The van der Waals surface area contributed by atoms with Gasteiger partial charge in [-0.3, -0.25) is 4.79 Å². The molecule has 1 aliphatic rings. The second kappa shape index (κ2) is 7.41. The Morgan fingerprint density at radius 1 is 1.30 bits per heavy atom. The van der Waals surface area contributed by atoms with Gasteiger partial charge in [-0.25, -0.2) is 0 Å². The van der Waals surface area contributed by atoms with Gasteiger partial charge in [0.25, 0.3) is 0 Å². The molecule has 1 aromatic carbocycles. The highest BCUT2D eigenvalue weighted by Crippen LogP contribution is 2.27. The Labute approximate surface area is 120 Å². The number of carbonyl (C=O) groups is 1. The number of hydrogen-bond acceptors (Lipinski definition) is 3. The lowest BCUT2D eigenvalue weighted by Gasteiger charge is -2.25. The molecule has 0 atom stereocenters. The van der Waals surface area contributed by atoms with Crippen LogP contribution in [0.25, 0.3) is 0 Å². The lowest BCUT2D eigenvalue weighted by molar-refractivity contribution is -0.135. The second-order valence-electron chi connectivity index (χ2n) is 5.33. The van der Waals surface area contributed by atoms with E-state index in [2.05, 4.69) is 12.1 Å². The molecule has 0 unspecified atom stereocenters. The summed E-state index contributed by atoms with van der Waals surface area (Å²) in [7, 11) is 1.66. The van der Waals surface area contributed by atoms with Crippen LogP contribution in [0.1, 0.15) is 17.5 Å². The maximum atomic E-state index is 12.7.